The summed E-state index contributed by atoms with van der Waals surface area (Å²) < 4.78 is 5.37. The summed E-state index contributed by atoms with van der Waals surface area (Å²) in [5.41, 5.74) is 1.26. The second-order valence-corrected chi connectivity index (χ2v) is 5.04. The molecule has 1 N–H and O–H groups in total. The molecule has 2 rings (SSSR count). The van der Waals surface area contributed by atoms with Crippen molar-refractivity contribution >= 4 is 5.69 Å². The molecule has 5 heteroatoms. The molecule has 0 radical (unpaired) electrons. The highest BCUT2D eigenvalue weighted by molar-refractivity contribution is 5.32. The lowest BCUT2D eigenvalue weighted by Gasteiger charge is -2.19. The van der Waals surface area contributed by atoms with Crippen LogP contribution in [0.3, 0.4) is 0 Å². The van der Waals surface area contributed by atoms with Gasteiger partial charge in [0.15, 0.2) is 0 Å². The Morgan fingerprint density at radius 1 is 1.47 bits per heavy atom. The fourth-order valence-electron chi connectivity index (χ4n) is 2.34. The number of hydrogen-bond donors (Lipinski definition) is 1. The predicted octanol–water partition coefficient (Wildman–Crippen LogP) is 2.15. The van der Waals surface area contributed by atoms with Crippen LogP contribution in [0.25, 0.3) is 0 Å². The van der Waals surface area contributed by atoms with Crippen molar-refractivity contribution in [2.45, 2.75) is 25.8 Å². The number of non-ortho nitro benzene ring substituents is 1. The van der Waals surface area contributed by atoms with Gasteiger partial charge in [0, 0.05) is 24.8 Å². The third kappa shape index (κ3) is 4.01. The minimum atomic E-state index is -0.371. The van der Waals surface area contributed by atoms with Gasteiger partial charge in [0.2, 0.25) is 0 Å². The Bertz CT molecular complexity index is 413. The standard InChI is InChI=1S/C14H20N2O3/c1-11(13-7-9-19-10-13)15-8-6-12-2-4-14(5-3-12)16(17)18/h2-5,11,13,15H,6-10H2,1H3. The molecular formula is C14H20N2O3. The molecule has 1 aromatic carbocycles. The first-order valence-corrected chi connectivity index (χ1v) is 6.71. The van der Waals surface area contributed by atoms with Crippen LogP contribution >= 0.6 is 0 Å². The number of ether oxygens (including phenoxy) is 1. The smallest absolute Gasteiger partial charge is 0.269 e. The minimum Gasteiger partial charge on any atom is -0.381 e. The van der Waals surface area contributed by atoms with Crippen molar-refractivity contribution < 1.29 is 9.66 Å². The molecule has 0 aromatic heterocycles. The van der Waals surface area contributed by atoms with Crippen LogP contribution in [0.1, 0.15) is 18.9 Å². The van der Waals surface area contributed by atoms with E-state index in [2.05, 4.69) is 12.2 Å². The van der Waals surface area contributed by atoms with Gasteiger partial charge < -0.3 is 10.1 Å². The zero-order chi connectivity index (χ0) is 13.7. The van der Waals surface area contributed by atoms with Gasteiger partial charge in [-0.1, -0.05) is 12.1 Å². The SMILES string of the molecule is CC(NCCc1ccc([N+](=O)[O-])cc1)C1CCOC1. The van der Waals surface area contributed by atoms with Crippen LogP contribution in [-0.2, 0) is 11.2 Å². The van der Waals surface area contributed by atoms with Crippen LogP contribution in [0.4, 0.5) is 5.69 Å². The van der Waals surface area contributed by atoms with E-state index in [0.717, 1.165) is 38.2 Å². The molecule has 0 bridgehead atoms. The summed E-state index contributed by atoms with van der Waals surface area (Å²) in [5, 5.41) is 14.0. The second kappa shape index (κ2) is 6.63. The van der Waals surface area contributed by atoms with E-state index >= 15 is 0 Å². The maximum Gasteiger partial charge on any atom is 0.269 e. The molecule has 2 unspecified atom stereocenters. The van der Waals surface area contributed by atoms with Crippen molar-refractivity contribution in [2.75, 3.05) is 19.8 Å². The maximum absolute atomic E-state index is 10.5. The molecule has 0 amide bonds. The van der Waals surface area contributed by atoms with Crippen LogP contribution in [0, 0.1) is 16.0 Å². The van der Waals surface area contributed by atoms with Crippen molar-refractivity contribution in [2.24, 2.45) is 5.92 Å². The van der Waals surface area contributed by atoms with Crippen LogP contribution in [0.15, 0.2) is 24.3 Å². The summed E-state index contributed by atoms with van der Waals surface area (Å²) in [6, 6.07) is 7.22. The van der Waals surface area contributed by atoms with Crippen LogP contribution < -0.4 is 5.32 Å². The fraction of sp³-hybridized carbons (Fsp3) is 0.571. The minimum absolute atomic E-state index is 0.146. The van der Waals surface area contributed by atoms with E-state index in [4.69, 9.17) is 4.74 Å². The van der Waals surface area contributed by atoms with Gasteiger partial charge in [-0.3, -0.25) is 10.1 Å². The van der Waals surface area contributed by atoms with Crippen LogP contribution in [0.2, 0.25) is 0 Å². The number of nitro groups is 1. The van der Waals surface area contributed by atoms with Crippen LogP contribution in [-0.4, -0.2) is 30.7 Å². The Kier molecular flexibility index (Phi) is 4.87. The molecule has 2 atom stereocenters. The molecule has 0 aliphatic carbocycles. The third-order valence-electron chi connectivity index (χ3n) is 3.70. The molecule has 1 fully saturated rings. The fourth-order valence-corrected chi connectivity index (χ4v) is 2.34. The van der Waals surface area contributed by atoms with Crippen molar-refractivity contribution in [3.63, 3.8) is 0 Å². The lowest BCUT2D eigenvalue weighted by molar-refractivity contribution is -0.384. The summed E-state index contributed by atoms with van der Waals surface area (Å²) in [6.07, 6.45) is 2.02. The zero-order valence-corrected chi connectivity index (χ0v) is 11.2. The number of nitrogens with one attached hydrogen (secondary N) is 1. The summed E-state index contributed by atoms with van der Waals surface area (Å²) in [7, 11) is 0. The van der Waals surface area contributed by atoms with E-state index in [9.17, 15) is 10.1 Å². The monoisotopic (exact) mass is 264 g/mol. The van der Waals surface area contributed by atoms with Gasteiger partial charge >= 0.3 is 0 Å². The van der Waals surface area contributed by atoms with E-state index < -0.39 is 0 Å². The van der Waals surface area contributed by atoms with Gasteiger partial charge in [-0.05, 0) is 37.8 Å². The zero-order valence-electron chi connectivity index (χ0n) is 11.2. The van der Waals surface area contributed by atoms with E-state index in [-0.39, 0.29) is 10.6 Å². The first kappa shape index (κ1) is 14.0. The Hall–Kier alpha value is -1.46. The normalized spacial score (nSPS) is 20.4. The first-order chi connectivity index (χ1) is 9.16. The summed E-state index contributed by atoms with van der Waals surface area (Å²) >= 11 is 0. The summed E-state index contributed by atoms with van der Waals surface area (Å²) in [6.45, 7) is 4.80. The Morgan fingerprint density at radius 3 is 2.79 bits per heavy atom. The van der Waals surface area contributed by atoms with E-state index in [1.54, 1.807) is 12.1 Å². The van der Waals surface area contributed by atoms with E-state index in [0.29, 0.717) is 12.0 Å². The molecule has 1 saturated heterocycles. The summed E-state index contributed by atoms with van der Waals surface area (Å²) in [5.74, 6) is 0.608. The van der Waals surface area contributed by atoms with Crippen molar-refractivity contribution in [3.8, 4) is 0 Å². The van der Waals surface area contributed by atoms with E-state index in [1.807, 2.05) is 12.1 Å². The number of benzene rings is 1. The van der Waals surface area contributed by atoms with Gasteiger partial charge in [-0.15, -0.1) is 0 Å². The summed E-state index contributed by atoms with van der Waals surface area (Å²) in [4.78, 5) is 10.2. The molecule has 19 heavy (non-hydrogen) atoms. The molecule has 1 aromatic rings. The van der Waals surface area contributed by atoms with Gasteiger partial charge in [-0.2, -0.15) is 0 Å². The first-order valence-electron chi connectivity index (χ1n) is 6.71. The number of nitrogens with zero attached hydrogens (tertiary/aromatic N) is 1. The average Bonchev–Trinajstić information content (AvgIpc) is 2.93. The van der Waals surface area contributed by atoms with Gasteiger partial charge in [-0.25, -0.2) is 0 Å². The van der Waals surface area contributed by atoms with Crippen molar-refractivity contribution in [1.29, 1.82) is 0 Å². The Labute approximate surface area is 113 Å². The largest absolute Gasteiger partial charge is 0.381 e. The van der Waals surface area contributed by atoms with Crippen molar-refractivity contribution in [3.05, 3.63) is 39.9 Å². The molecule has 1 aliphatic rings. The highest BCUT2D eigenvalue weighted by Gasteiger charge is 2.21. The second-order valence-electron chi connectivity index (χ2n) is 5.04. The van der Waals surface area contributed by atoms with Crippen molar-refractivity contribution in [1.82, 2.24) is 5.32 Å². The molecule has 5 nitrogen and oxygen atoms in total. The lowest BCUT2D eigenvalue weighted by Crippen LogP contribution is -2.35. The molecule has 1 heterocycles. The highest BCUT2D eigenvalue weighted by Crippen LogP contribution is 2.16. The van der Waals surface area contributed by atoms with Gasteiger partial charge in [0.05, 0.1) is 11.5 Å². The molecular weight excluding hydrogens is 244 g/mol. The molecule has 1 aliphatic heterocycles. The third-order valence-corrected chi connectivity index (χ3v) is 3.70. The molecule has 0 saturated carbocycles. The Morgan fingerprint density at radius 2 is 2.21 bits per heavy atom. The lowest BCUT2D eigenvalue weighted by atomic mass is 10.0. The topological polar surface area (TPSA) is 64.4 Å². The van der Waals surface area contributed by atoms with Gasteiger partial charge in [0.1, 0.15) is 0 Å². The number of nitro benzene ring substituents is 1. The number of rotatable bonds is 6. The predicted molar refractivity (Wildman–Crippen MR) is 73.2 cm³/mol. The highest BCUT2D eigenvalue weighted by atomic mass is 16.6. The van der Waals surface area contributed by atoms with Gasteiger partial charge in [0.25, 0.3) is 5.69 Å². The molecule has 104 valence electrons. The molecule has 0 spiro atoms. The number of hydrogen-bond acceptors (Lipinski definition) is 4. The Balaban J connectivity index is 1.74. The average molecular weight is 264 g/mol. The van der Waals surface area contributed by atoms with Crippen LogP contribution in [0.5, 0.6) is 0 Å². The van der Waals surface area contributed by atoms with E-state index in [1.165, 1.54) is 0 Å². The maximum atomic E-state index is 10.5. The quantitative estimate of drug-likeness (QED) is 0.631.